The van der Waals surface area contributed by atoms with Crippen molar-refractivity contribution in [3.8, 4) is 0 Å². The van der Waals surface area contributed by atoms with Crippen molar-refractivity contribution >= 4 is 23.3 Å². The first-order chi connectivity index (χ1) is 8.02. The molecule has 1 saturated carbocycles. The van der Waals surface area contributed by atoms with Crippen LogP contribution in [0.15, 0.2) is 12.1 Å². The molecule has 1 amide bonds. The van der Waals surface area contributed by atoms with E-state index < -0.39 is 0 Å². The maximum absolute atomic E-state index is 11.9. The zero-order valence-electron chi connectivity index (χ0n) is 10.0. The number of carbonyl (C=O) groups excluding carboxylic acids is 1. The molecule has 4 nitrogen and oxygen atoms in total. The van der Waals surface area contributed by atoms with Gasteiger partial charge in [0.2, 0.25) is 0 Å². The van der Waals surface area contributed by atoms with Gasteiger partial charge in [0.05, 0.1) is 0 Å². The number of halogens is 1. The fraction of sp³-hybridized carbons (Fsp3) is 0.500. The molecule has 0 spiro atoms. The van der Waals surface area contributed by atoms with E-state index in [0.717, 1.165) is 6.54 Å². The molecule has 0 atom stereocenters. The third kappa shape index (κ3) is 3.09. The summed E-state index contributed by atoms with van der Waals surface area (Å²) in [6.45, 7) is 2.90. The second kappa shape index (κ2) is 4.53. The topological polar surface area (TPSA) is 54.0 Å². The standard InChI is InChI=1S/C12H16ClN3O/c1-12(3-4-12)7-15-11(17)8-5-9(13)16-10(6-8)14-2/h5-6H,3-4,7H2,1-2H3,(H,14,16)(H,15,17). The molecular weight excluding hydrogens is 238 g/mol. The summed E-state index contributed by atoms with van der Waals surface area (Å²) in [5.74, 6) is 0.499. The number of nitrogens with zero attached hydrogens (tertiary/aromatic N) is 1. The van der Waals surface area contributed by atoms with Gasteiger partial charge in [0, 0.05) is 19.2 Å². The van der Waals surface area contributed by atoms with Crippen molar-refractivity contribution in [2.45, 2.75) is 19.8 Å². The minimum atomic E-state index is -0.0982. The summed E-state index contributed by atoms with van der Waals surface area (Å²) in [5.41, 5.74) is 0.844. The van der Waals surface area contributed by atoms with Crippen molar-refractivity contribution in [2.24, 2.45) is 5.41 Å². The average Bonchev–Trinajstić information content (AvgIpc) is 3.04. The molecule has 2 rings (SSSR count). The Kier molecular flexibility index (Phi) is 3.24. The van der Waals surface area contributed by atoms with Gasteiger partial charge in [0.25, 0.3) is 5.91 Å². The highest BCUT2D eigenvalue weighted by molar-refractivity contribution is 6.29. The van der Waals surface area contributed by atoms with E-state index in [0.29, 0.717) is 21.9 Å². The van der Waals surface area contributed by atoms with E-state index in [9.17, 15) is 4.79 Å². The van der Waals surface area contributed by atoms with Crippen LogP contribution in [0.4, 0.5) is 5.82 Å². The normalized spacial score (nSPS) is 16.4. The minimum Gasteiger partial charge on any atom is -0.373 e. The summed E-state index contributed by atoms with van der Waals surface area (Å²) in [5, 5.41) is 6.12. The Labute approximate surface area is 106 Å². The first-order valence-corrected chi connectivity index (χ1v) is 6.04. The van der Waals surface area contributed by atoms with Gasteiger partial charge in [-0.3, -0.25) is 4.79 Å². The summed E-state index contributed by atoms with van der Waals surface area (Å²) in [4.78, 5) is 15.9. The van der Waals surface area contributed by atoms with Gasteiger partial charge in [-0.1, -0.05) is 18.5 Å². The molecule has 1 aliphatic rings. The maximum atomic E-state index is 11.9. The average molecular weight is 254 g/mol. The van der Waals surface area contributed by atoms with E-state index in [2.05, 4.69) is 22.5 Å². The molecule has 1 aliphatic carbocycles. The summed E-state index contributed by atoms with van der Waals surface area (Å²) in [6.07, 6.45) is 2.37. The van der Waals surface area contributed by atoms with Gasteiger partial charge in [0.15, 0.2) is 0 Å². The molecule has 1 aromatic rings. The van der Waals surface area contributed by atoms with Gasteiger partial charge in [0.1, 0.15) is 11.0 Å². The van der Waals surface area contributed by atoms with E-state index in [1.54, 1.807) is 19.2 Å². The molecule has 0 aliphatic heterocycles. The van der Waals surface area contributed by atoms with Crippen molar-refractivity contribution in [1.82, 2.24) is 10.3 Å². The Morgan fingerprint density at radius 1 is 1.53 bits per heavy atom. The van der Waals surface area contributed by atoms with Crippen molar-refractivity contribution in [3.05, 3.63) is 22.8 Å². The van der Waals surface area contributed by atoms with E-state index in [1.807, 2.05) is 0 Å². The van der Waals surface area contributed by atoms with Crippen LogP contribution in [0.3, 0.4) is 0 Å². The molecule has 0 unspecified atom stereocenters. The lowest BCUT2D eigenvalue weighted by atomic mass is 10.1. The lowest BCUT2D eigenvalue weighted by Crippen LogP contribution is -2.29. The maximum Gasteiger partial charge on any atom is 0.251 e. The lowest BCUT2D eigenvalue weighted by Gasteiger charge is -2.10. The molecule has 2 N–H and O–H groups in total. The van der Waals surface area contributed by atoms with Crippen LogP contribution in [0.1, 0.15) is 30.1 Å². The molecule has 0 aromatic carbocycles. The number of hydrogen-bond donors (Lipinski definition) is 2. The Morgan fingerprint density at radius 3 is 2.82 bits per heavy atom. The molecule has 0 saturated heterocycles. The van der Waals surface area contributed by atoms with Crippen LogP contribution in [0.2, 0.25) is 5.15 Å². The monoisotopic (exact) mass is 253 g/mol. The van der Waals surface area contributed by atoms with Crippen molar-refractivity contribution in [3.63, 3.8) is 0 Å². The number of nitrogens with one attached hydrogen (secondary N) is 2. The van der Waals surface area contributed by atoms with Gasteiger partial charge in [-0.05, 0) is 30.4 Å². The van der Waals surface area contributed by atoms with E-state index in [4.69, 9.17) is 11.6 Å². The Balaban J connectivity index is 2.04. The first-order valence-electron chi connectivity index (χ1n) is 5.66. The van der Waals surface area contributed by atoms with Crippen LogP contribution >= 0.6 is 11.6 Å². The van der Waals surface area contributed by atoms with Crippen LogP contribution in [0, 0.1) is 5.41 Å². The van der Waals surface area contributed by atoms with Gasteiger partial charge >= 0.3 is 0 Å². The van der Waals surface area contributed by atoms with Crippen LogP contribution in [0.5, 0.6) is 0 Å². The predicted octanol–water partition coefficient (Wildman–Crippen LogP) is 2.31. The summed E-state index contributed by atoms with van der Waals surface area (Å²) in [6, 6.07) is 3.27. The molecule has 1 heterocycles. The Hall–Kier alpha value is -1.29. The lowest BCUT2D eigenvalue weighted by molar-refractivity contribution is 0.0946. The van der Waals surface area contributed by atoms with E-state index in [1.165, 1.54) is 12.8 Å². The van der Waals surface area contributed by atoms with Gasteiger partial charge in [-0.25, -0.2) is 4.98 Å². The molecule has 5 heteroatoms. The number of amides is 1. The smallest absolute Gasteiger partial charge is 0.251 e. The molecule has 1 aromatic heterocycles. The number of rotatable bonds is 4. The van der Waals surface area contributed by atoms with Gasteiger partial charge in [-0.15, -0.1) is 0 Å². The van der Waals surface area contributed by atoms with Gasteiger partial charge in [-0.2, -0.15) is 0 Å². The van der Waals surface area contributed by atoms with Crippen molar-refractivity contribution in [1.29, 1.82) is 0 Å². The molecule has 0 bridgehead atoms. The highest BCUT2D eigenvalue weighted by atomic mass is 35.5. The van der Waals surface area contributed by atoms with Crippen LogP contribution in [-0.4, -0.2) is 24.5 Å². The summed E-state index contributed by atoms with van der Waals surface area (Å²) >= 11 is 5.84. The first kappa shape index (κ1) is 12.2. The number of anilines is 1. The van der Waals surface area contributed by atoms with Crippen molar-refractivity contribution in [2.75, 3.05) is 18.9 Å². The number of aromatic nitrogens is 1. The minimum absolute atomic E-state index is 0.0982. The number of carbonyl (C=O) groups is 1. The number of pyridine rings is 1. The molecule has 92 valence electrons. The zero-order chi connectivity index (χ0) is 12.5. The second-order valence-electron chi connectivity index (χ2n) is 4.81. The Bertz CT molecular complexity index is 443. The zero-order valence-corrected chi connectivity index (χ0v) is 10.8. The summed E-state index contributed by atoms with van der Waals surface area (Å²) in [7, 11) is 1.74. The molecule has 17 heavy (non-hydrogen) atoms. The fourth-order valence-corrected chi connectivity index (χ4v) is 1.75. The second-order valence-corrected chi connectivity index (χ2v) is 5.19. The third-order valence-corrected chi connectivity index (χ3v) is 3.29. The molecular formula is C12H16ClN3O. The SMILES string of the molecule is CNc1cc(C(=O)NCC2(C)CC2)cc(Cl)n1. The van der Waals surface area contributed by atoms with Crippen molar-refractivity contribution < 1.29 is 4.79 Å². The predicted molar refractivity (Wildman–Crippen MR) is 68.5 cm³/mol. The van der Waals surface area contributed by atoms with Crippen LogP contribution in [-0.2, 0) is 0 Å². The molecule has 1 fully saturated rings. The Morgan fingerprint density at radius 2 is 2.24 bits per heavy atom. The quantitative estimate of drug-likeness (QED) is 0.810. The van der Waals surface area contributed by atoms with Crippen LogP contribution in [0.25, 0.3) is 0 Å². The fourth-order valence-electron chi connectivity index (χ4n) is 1.54. The molecule has 0 radical (unpaired) electrons. The largest absolute Gasteiger partial charge is 0.373 e. The third-order valence-electron chi connectivity index (χ3n) is 3.09. The highest BCUT2D eigenvalue weighted by Gasteiger charge is 2.37. The number of hydrogen-bond acceptors (Lipinski definition) is 3. The highest BCUT2D eigenvalue weighted by Crippen LogP contribution is 2.44. The van der Waals surface area contributed by atoms with E-state index in [-0.39, 0.29) is 5.91 Å². The van der Waals surface area contributed by atoms with Gasteiger partial charge < -0.3 is 10.6 Å². The van der Waals surface area contributed by atoms with Crippen LogP contribution < -0.4 is 10.6 Å². The summed E-state index contributed by atoms with van der Waals surface area (Å²) < 4.78 is 0. The van der Waals surface area contributed by atoms with E-state index >= 15 is 0 Å².